The highest BCUT2D eigenvalue weighted by Crippen LogP contribution is 2.34. The molecule has 1 saturated heterocycles. The third kappa shape index (κ3) is 5.61. The monoisotopic (exact) mass is 488 g/mol. The topological polar surface area (TPSA) is 90.1 Å². The molecule has 3 aromatic rings. The Balaban J connectivity index is 1.57. The van der Waals surface area contributed by atoms with E-state index in [2.05, 4.69) is 60.1 Å². The fourth-order valence-electron chi connectivity index (χ4n) is 5.00. The first-order valence-corrected chi connectivity index (χ1v) is 13.2. The van der Waals surface area contributed by atoms with Crippen molar-refractivity contribution >= 4 is 17.3 Å². The van der Waals surface area contributed by atoms with Crippen LogP contribution in [0.15, 0.2) is 36.4 Å². The van der Waals surface area contributed by atoms with Crippen molar-refractivity contribution in [3.8, 4) is 27.2 Å². The summed E-state index contributed by atoms with van der Waals surface area (Å²) in [5.74, 6) is -0.230. The maximum atomic E-state index is 11.5. The van der Waals surface area contributed by atoms with E-state index in [4.69, 9.17) is 0 Å². The van der Waals surface area contributed by atoms with Crippen LogP contribution in [-0.2, 0) is 24.1 Å². The Morgan fingerprint density at radius 1 is 1.23 bits per heavy atom. The molecule has 2 aromatic carbocycles. The van der Waals surface area contributed by atoms with Crippen molar-refractivity contribution in [3.63, 3.8) is 0 Å². The summed E-state index contributed by atoms with van der Waals surface area (Å²) in [7, 11) is 0. The lowest BCUT2D eigenvalue weighted by molar-refractivity contribution is -0.142. The van der Waals surface area contributed by atoms with Crippen molar-refractivity contribution in [1.82, 2.24) is 15.1 Å². The number of aliphatic carboxylic acids is 1. The summed E-state index contributed by atoms with van der Waals surface area (Å²) in [6, 6.07) is 14.3. The zero-order valence-corrected chi connectivity index (χ0v) is 21.4. The minimum Gasteiger partial charge on any atom is -0.480 e. The number of nitrogens with zero attached hydrogens (tertiary/aromatic N) is 4. The number of likely N-dealkylation sites (tertiary alicyclic amines) is 1. The fourth-order valence-corrected chi connectivity index (χ4v) is 5.90. The predicted octanol–water partition coefficient (Wildman–Crippen LogP) is 5.60. The molecule has 6 nitrogen and oxygen atoms in total. The van der Waals surface area contributed by atoms with Crippen molar-refractivity contribution in [2.45, 2.75) is 58.9 Å². The molecule has 0 saturated carbocycles. The average Bonchev–Trinajstić information content (AvgIpc) is 3.52. The van der Waals surface area contributed by atoms with Crippen LogP contribution in [0.3, 0.4) is 0 Å². The molecule has 1 N–H and O–H groups in total. The minimum atomic E-state index is -0.717. The van der Waals surface area contributed by atoms with Crippen LogP contribution >= 0.6 is 11.3 Å². The minimum absolute atomic E-state index is 0.362. The van der Waals surface area contributed by atoms with Gasteiger partial charge in [-0.05, 0) is 67.3 Å². The summed E-state index contributed by atoms with van der Waals surface area (Å²) in [6.45, 7) is 8.04. The third-order valence-corrected chi connectivity index (χ3v) is 7.71. The lowest BCUT2D eigenvalue weighted by Crippen LogP contribution is -2.37. The number of benzene rings is 2. The van der Waals surface area contributed by atoms with Gasteiger partial charge in [0.2, 0.25) is 0 Å². The van der Waals surface area contributed by atoms with Crippen molar-refractivity contribution < 1.29 is 9.90 Å². The maximum absolute atomic E-state index is 11.5. The smallest absolute Gasteiger partial charge is 0.320 e. The number of carboxylic acid groups (broad SMARTS) is 1. The van der Waals surface area contributed by atoms with Gasteiger partial charge >= 0.3 is 5.97 Å². The third-order valence-electron chi connectivity index (χ3n) is 6.70. The first kappa shape index (κ1) is 25.0. The van der Waals surface area contributed by atoms with Crippen LogP contribution < -0.4 is 0 Å². The predicted molar refractivity (Wildman–Crippen MR) is 139 cm³/mol. The first-order chi connectivity index (χ1) is 16.9. The van der Waals surface area contributed by atoms with Crippen molar-refractivity contribution in [2.24, 2.45) is 5.92 Å². The van der Waals surface area contributed by atoms with Crippen LogP contribution in [0.25, 0.3) is 21.1 Å². The molecule has 0 bridgehead atoms. The molecule has 0 amide bonds. The SMILES string of the molecule is CCc1c(CCN2CCC[C@@H]2C(=O)O)cccc1-c1nnc(-c2ccc(CC(C)C)c(C#N)c2)s1. The largest absolute Gasteiger partial charge is 0.480 e. The van der Waals surface area contributed by atoms with E-state index in [1.54, 1.807) is 11.3 Å². The molecular formula is C28H32N4O2S. The van der Waals surface area contributed by atoms with Crippen LogP contribution in [0.1, 0.15) is 55.9 Å². The van der Waals surface area contributed by atoms with E-state index in [0.717, 1.165) is 71.9 Å². The van der Waals surface area contributed by atoms with Gasteiger partial charge in [0.05, 0.1) is 11.6 Å². The second-order valence-electron chi connectivity index (χ2n) is 9.57. The van der Waals surface area contributed by atoms with Gasteiger partial charge in [0.25, 0.3) is 0 Å². The quantitative estimate of drug-likeness (QED) is 0.422. The molecule has 35 heavy (non-hydrogen) atoms. The van der Waals surface area contributed by atoms with E-state index in [1.807, 2.05) is 18.2 Å². The van der Waals surface area contributed by atoms with E-state index in [1.165, 1.54) is 11.1 Å². The molecule has 1 aromatic heterocycles. The van der Waals surface area contributed by atoms with Gasteiger partial charge in [0, 0.05) is 17.7 Å². The molecule has 1 aliphatic rings. The van der Waals surface area contributed by atoms with Gasteiger partial charge < -0.3 is 5.11 Å². The molecule has 1 fully saturated rings. The molecule has 2 heterocycles. The van der Waals surface area contributed by atoms with Crippen molar-refractivity contribution in [3.05, 3.63) is 58.7 Å². The Morgan fingerprint density at radius 3 is 2.74 bits per heavy atom. The maximum Gasteiger partial charge on any atom is 0.320 e. The van der Waals surface area contributed by atoms with Gasteiger partial charge in [-0.1, -0.05) is 62.4 Å². The van der Waals surface area contributed by atoms with E-state index in [9.17, 15) is 15.2 Å². The molecule has 182 valence electrons. The van der Waals surface area contributed by atoms with E-state index in [0.29, 0.717) is 11.5 Å². The first-order valence-electron chi connectivity index (χ1n) is 12.4. The molecule has 7 heteroatoms. The second kappa shape index (κ2) is 11.1. The highest BCUT2D eigenvalue weighted by atomic mass is 32.1. The molecule has 1 atom stereocenters. The van der Waals surface area contributed by atoms with Crippen molar-refractivity contribution in [2.75, 3.05) is 13.1 Å². The number of nitriles is 1. The lowest BCUT2D eigenvalue weighted by atomic mass is 9.96. The van der Waals surface area contributed by atoms with E-state index in [-0.39, 0.29) is 6.04 Å². The summed E-state index contributed by atoms with van der Waals surface area (Å²) in [6.07, 6.45) is 4.23. The molecule has 4 rings (SSSR count). The number of carbonyl (C=O) groups is 1. The van der Waals surface area contributed by atoms with Gasteiger partial charge in [-0.2, -0.15) is 5.26 Å². The summed E-state index contributed by atoms with van der Waals surface area (Å²) in [5, 5.41) is 29.8. The number of hydrogen-bond acceptors (Lipinski definition) is 6. The normalized spacial score (nSPS) is 16.0. The Labute approximate surface area is 211 Å². The molecule has 1 aliphatic heterocycles. The number of hydrogen-bond donors (Lipinski definition) is 1. The number of rotatable bonds is 9. The van der Waals surface area contributed by atoms with Crippen LogP contribution in [0, 0.1) is 17.2 Å². The Bertz CT molecular complexity index is 1240. The van der Waals surface area contributed by atoms with Gasteiger partial charge in [0.1, 0.15) is 16.1 Å². The second-order valence-corrected chi connectivity index (χ2v) is 10.6. The number of aromatic nitrogens is 2. The molecule has 0 spiro atoms. The highest BCUT2D eigenvalue weighted by Gasteiger charge is 2.30. The molecular weight excluding hydrogens is 456 g/mol. The Hall–Kier alpha value is -3.08. The van der Waals surface area contributed by atoms with Crippen LogP contribution in [0.4, 0.5) is 0 Å². The van der Waals surface area contributed by atoms with Gasteiger partial charge in [-0.3, -0.25) is 9.69 Å². The van der Waals surface area contributed by atoms with E-state index >= 15 is 0 Å². The fraction of sp³-hybridized carbons (Fsp3) is 0.429. The zero-order chi connectivity index (χ0) is 24.9. The lowest BCUT2D eigenvalue weighted by Gasteiger charge is -2.22. The Morgan fingerprint density at radius 2 is 2.03 bits per heavy atom. The van der Waals surface area contributed by atoms with Gasteiger partial charge in [-0.25, -0.2) is 0 Å². The van der Waals surface area contributed by atoms with Gasteiger partial charge in [-0.15, -0.1) is 10.2 Å². The summed E-state index contributed by atoms with van der Waals surface area (Å²) in [4.78, 5) is 13.6. The van der Waals surface area contributed by atoms with Crippen LogP contribution in [0.2, 0.25) is 0 Å². The zero-order valence-electron chi connectivity index (χ0n) is 20.6. The van der Waals surface area contributed by atoms with Crippen LogP contribution in [-0.4, -0.2) is 45.3 Å². The summed E-state index contributed by atoms with van der Waals surface area (Å²) in [5.41, 5.74) is 6.25. The summed E-state index contributed by atoms with van der Waals surface area (Å²) < 4.78 is 0. The Kier molecular flexibility index (Phi) is 7.94. The molecule has 0 unspecified atom stereocenters. The van der Waals surface area contributed by atoms with Crippen LogP contribution in [0.5, 0.6) is 0 Å². The van der Waals surface area contributed by atoms with Crippen molar-refractivity contribution in [1.29, 1.82) is 5.26 Å². The summed E-state index contributed by atoms with van der Waals surface area (Å²) >= 11 is 1.54. The average molecular weight is 489 g/mol. The number of carboxylic acids is 1. The molecule has 0 aliphatic carbocycles. The standard InChI is InChI=1S/C28H32N4O2S/c1-4-23-19(12-14-32-13-6-9-25(32)28(33)34)7-5-8-24(23)27-31-30-26(35-27)21-11-10-20(15-18(2)3)22(16-21)17-29/h5,7-8,10-11,16,18,25H,4,6,9,12-15H2,1-3H3,(H,33,34)/t25-/m1/s1. The van der Waals surface area contributed by atoms with E-state index < -0.39 is 5.97 Å². The molecule has 0 radical (unpaired) electrons. The van der Waals surface area contributed by atoms with Gasteiger partial charge in [0.15, 0.2) is 0 Å². The highest BCUT2D eigenvalue weighted by molar-refractivity contribution is 7.17.